The minimum Gasteiger partial charge on any atom is -0.383 e. The van der Waals surface area contributed by atoms with Crippen molar-refractivity contribution in [1.29, 1.82) is 0 Å². The average Bonchev–Trinajstić information content (AvgIpc) is 2.55. The predicted molar refractivity (Wildman–Crippen MR) is 95.6 cm³/mol. The van der Waals surface area contributed by atoms with Gasteiger partial charge in [-0.2, -0.15) is 0 Å². The number of anilines is 2. The van der Waals surface area contributed by atoms with Gasteiger partial charge < -0.3 is 15.4 Å². The van der Waals surface area contributed by atoms with Gasteiger partial charge in [0.15, 0.2) is 0 Å². The number of nitrogens with zero attached hydrogens (tertiary/aromatic N) is 2. The first-order chi connectivity index (χ1) is 11.5. The third-order valence-electron chi connectivity index (χ3n) is 3.52. The molecule has 0 radical (unpaired) electrons. The first-order valence-corrected chi connectivity index (χ1v) is 7.99. The average molecular weight is 328 g/mol. The molecule has 1 aromatic carbocycles. The van der Waals surface area contributed by atoms with Crippen molar-refractivity contribution in [3.63, 3.8) is 0 Å². The second-order valence-electron chi connectivity index (χ2n) is 5.84. The summed E-state index contributed by atoms with van der Waals surface area (Å²) >= 11 is 0. The van der Waals surface area contributed by atoms with E-state index in [1.54, 1.807) is 20.1 Å². The molecule has 1 aromatic heterocycles. The van der Waals surface area contributed by atoms with E-state index in [0.29, 0.717) is 36.4 Å². The fourth-order valence-electron chi connectivity index (χ4n) is 2.20. The molecule has 0 aliphatic rings. The van der Waals surface area contributed by atoms with E-state index in [-0.39, 0.29) is 5.91 Å². The van der Waals surface area contributed by atoms with Crippen LogP contribution in [-0.2, 0) is 4.74 Å². The molecule has 0 fully saturated rings. The summed E-state index contributed by atoms with van der Waals surface area (Å²) in [6.07, 6.45) is 0. The van der Waals surface area contributed by atoms with Crippen LogP contribution in [0.3, 0.4) is 0 Å². The maximum atomic E-state index is 12.4. The molecule has 0 saturated heterocycles. The highest BCUT2D eigenvalue weighted by Gasteiger charge is 2.11. The van der Waals surface area contributed by atoms with E-state index in [4.69, 9.17) is 4.74 Å². The van der Waals surface area contributed by atoms with Crippen LogP contribution >= 0.6 is 0 Å². The molecule has 0 aliphatic heterocycles. The van der Waals surface area contributed by atoms with Crippen molar-refractivity contribution in [3.05, 3.63) is 47.4 Å². The lowest BCUT2D eigenvalue weighted by Crippen LogP contribution is -2.16. The standard InChI is InChI=1S/C18H24N4O2/c1-12(2)14-5-7-15(8-6-14)22-18(23)16-11-17(19-9-10-24-4)21-13(3)20-16/h5-8,11-12H,9-10H2,1-4H3,(H,22,23)(H,19,20,21). The van der Waals surface area contributed by atoms with Crippen LogP contribution < -0.4 is 10.6 Å². The smallest absolute Gasteiger partial charge is 0.274 e. The van der Waals surface area contributed by atoms with E-state index in [0.717, 1.165) is 5.69 Å². The zero-order valence-electron chi connectivity index (χ0n) is 14.6. The summed E-state index contributed by atoms with van der Waals surface area (Å²) in [5.41, 5.74) is 2.31. The quantitative estimate of drug-likeness (QED) is 0.763. The molecule has 6 heteroatoms. The Labute approximate surface area is 142 Å². The number of rotatable bonds is 7. The van der Waals surface area contributed by atoms with Crippen LogP contribution in [0.5, 0.6) is 0 Å². The summed E-state index contributed by atoms with van der Waals surface area (Å²) in [4.78, 5) is 20.9. The number of aryl methyl sites for hydroxylation is 1. The van der Waals surface area contributed by atoms with Gasteiger partial charge in [-0.3, -0.25) is 4.79 Å². The number of methoxy groups -OCH3 is 1. The van der Waals surface area contributed by atoms with E-state index in [1.807, 2.05) is 24.3 Å². The molecule has 1 amide bonds. The van der Waals surface area contributed by atoms with Gasteiger partial charge in [-0.15, -0.1) is 0 Å². The van der Waals surface area contributed by atoms with E-state index in [9.17, 15) is 4.79 Å². The Balaban J connectivity index is 2.08. The number of carbonyl (C=O) groups excluding carboxylic acids is 1. The molecule has 1 heterocycles. The molecule has 128 valence electrons. The van der Waals surface area contributed by atoms with Crippen LogP contribution in [0.1, 0.15) is 41.6 Å². The van der Waals surface area contributed by atoms with Crippen molar-refractivity contribution >= 4 is 17.4 Å². The zero-order chi connectivity index (χ0) is 17.5. The van der Waals surface area contributed by atoms with Crippen molar-refractivity contribution in [3.8, 4) is 0 Å². The van der Waals surface area contributed by atoms with Gasteiger partial charge in [-0.05, 0) is 30.5 Å². The number of amides is 1. The molecule has 2 rings (SSSR count). The Bertz CT molecular complexity index is 684. The predicted octanol–water partition coefficient (Wildman–Crippen LogP) is 3.22. The third kappa shape index (κ3) is 5.03. The van der Waals surface area contributed by atoms with E-state index < -0.39 is 0 Å². The number of benzene rings is 1. The Morgan fingerprint density at radius 1 is 1.21 bits per heavy atom. The molecule has 0 unspecified atom stereocenters. The molecule has 0 atom stereocenters. The lowest BCUT2D eigenvalue weighted by atomic mass is 10.0. The summed E-state index contributed by atoms with van der Waals surface area (Å²) in [5, 5.41) is 5.97. The SMILES string of the molecule is COCCNc1cc(C(=O)Nc2ccc(C(C)C)cc2)nc(C)n1. The first-order valence-electron chi connectivity index (χ1n) is 7.99. The van der Waals surface area contributed by atoms with Crippen molar-refractivity contribution in [2.24, 2.45) is 0 Å². The molecule has 0 spiro atoms. The van der Waals surface area contributed by atoms with Crippen LogP contribution in [0.15, 0.2) is 30.3 Å². The van der Waals surface area contributed by atoms with E-state index in [2.05, 4.69) is 34.4 Å². The normalized spacial score (nSPS) is 10.7. The first kappa shape index (κ1) is 17.9. The van der Waals surface area contributed by atoms with Crippen LogP contribution in [-0.4, -0.2) is 36.1 Å². The Hall–Kier alpha value is -2.47. The van der Waals surface area contributed by atoms with Crippen molar-refractivity contribution in [2.45, 2.75) is 26.7 Å². The van der Waals surface area contributed by atoms with Crippen LogP contribution in [0.4, 0.5) is 11.5 Å². The Morgan fingerprint density at radius 3 is 2.54 bits per heavy atom. The van der Waals surface area contributed by atoms with Crippen molar-refractivity contribution in [1.82, 2.24) is 9.97 Å². The monoisotopic (exact) mass is 328 g/mol. The summed E-state index contributed by atoms with van der Waals surface area (Å²) in [6.45, 7) is 7.21. The number of nitrogens with one attached hydrogen (secondary N) is 2. The van der Waals surface area contributed by atoms with Gasteiger partial charge in [0.05, 0.1) is 6.61 Å². The van der Waals surface area contributed by atoms with Gasteiger partial charge in [0.2, 0.25) is 0 Å². The van der Waals surface area contributed by atoms with Crippen LogP contribution in [0, 0.1) is 6.92 Å². The van der Waals surface area contributed by atoms with Gasteiger partial charge in [0.25, 0.3) is 5.91 Å². The zero-order valence-corrected chi connectivity index (χ0v) is 14.6. The van der Waals surface area contributed by atoms with Gasteiger partial charge in [0.1, 0.15) is 17.3 Å². The van der Waals surface area contributed by atoms with Crippen LogP contribution in [0.25, 0.3) is 0 Å². The summed E-state index contributed by atoms with van der Waals surface area (Å²) in [6, 6.07) is 9.48. The molecule has 2 N–H and O–H groups in total. The summed E-state index contributed by atoms with van der Waals surface area (Å²) in [7, 11) is 1.64. The van der Waals surface area contributed by atoms with Gasteiger partial charge in [-0.25, -0.2) is 9.97 Å². The molecule has 6 nitrogen and oxygen atoms in total. The Morgan fingerprint density at radius 2 is 1.92 bits per heavy atom. The lowest BCUT2D eigenvalue weighted by molar-refractivity contribution is 0.102. The molecule has 0 aliphatic carbocycles. The van der Waals surface area contributed by atoms with Crippen molar-refractivity contribution < 1.29 is 9.53 Å². The number of carbonyl (C=O) groups is 1. The lowest BCUT2D eigenvalue weighted by Gasteiger charge is -2.10. The fourth-order valence-corrected chi connectivity index (χ4v) is 2.20. The molecule has 2 aromatic rings. The summed E-state index contributed by atoms with van der Waals surface area (Å²) < 4.78 is 4.99. The summed E-state index contributed by atoms with van der Waals surface area (Å²) in [5.74, 6) is 1.35. The van der Waals surface area contributed by atoms with Gasteiger partial charge >= 0.3 is 0 Å². The minimum atomic E-state index is -0.257. The highest BCUT2D eigenvalue weighted by atomic mass is 16.5. The highest BCUT2D eigenvalue weighted by Crippen LogP contribution is 2.18. The fraction of sp³-hybridized carbons (Fsp3) is 0.389. The minimum absolute atomic E-state index is 0.257. The topological polar surface area (TPSA) is 76.1 Å². The number of ether oxygens (including phenoxy) is 1. The number of hydrogen-bond acceptors (Lipinski definition) is 5. The molecular weight excluding hydrogens is 304 g/mol. The van der Waals surface area contributed by atoms with Crippen LogP contribution in [0.2, 0.25) is 0 Å². The molecular formula is C18H24N4O2. The third-order valence-corrected chi connectivity index (χ3v) is 3.52. The van der Waals surface area contributed by atoms with Gasteiger partial charge in [0, 0.05) is 25.4 Å². The maximum absolute atomic E-state index is 12.4. The van der Waals surface area contributed by atoms with E-state index in [1.165, 1.54) is 5.56 Å². The Kier molecular flexibility index (Phi) is 6.26. The second-order valence-corrected chi connectivity index (χ2v) is 5.84. The van der Waals surface area contributed by atoms with Crippen molar-refractivity contribution in [2.75, 3.05) is 30.9 Å². The van der Waals surface area contributed by atoms with E-state index >= 15 is 0 Å². The molecule has 0 bridgehead atoms. The molecule has 0 saturated carbocycles. The second kappa shape index (κ2) is 8.40. The number of aromatic nitrogens is 2. The van der Waals surface area contributed by atoms with Gasteiger partial charge in [-0.1, -0.05) is 26.0 Å². The highest BCUT2D eigenvalue weighted by molar-refractivity contribution is 6.03. The largest absolute Gasteiger partial charge is 0.383 e. The number of hydrogen-bond donors (Lipinski definition) is 2. The maximum Gasteiger partial charge on any atom is 0.274 e. The molecule has 24 heavy (non-hydrogen) atoms.